The summed E-state index contributed by atoms with van der Waals surface area (Å²) < 4.78 is 35.1. The van der Waals surface area contributed by atoms with Crippen molar-refractivity contribution in [1.29, 1.82) is 0 Å². The molecule has 0 unspecified atom stereocenters. The summed E-state index contributed by atoms with van der Waals surface area (Å²) in [6.07, 6.45) is 10.9. The zero-order valence-electron chi connectivity index (χ0n) is 21.9. The van der Waals surface area contributed by atoms with Gasteiger partial charge < -0.3 is 9.64 Å². The zero-order valence-corrected chi connectivity index (χ0v) is 21.9. The number of nitrogens with one attached hydrogen (secondary N) is 1. The van der Waals surface area contributed by atoms with E-state index in [2.05, 4.69) is 28.5 Å². The monoisotopic (exact) mass is 517 g/mol. The van der Waals surface area contributed by atoms with Gasteiger partial charge in [0.25, 0.3) is 5.56 Å². The van der Waals surface area contributed by atoms with Crippen LogP contribution in [0, 0.1) is 11.8 Å². The third kappa shape index (κ3) is 6.29. The van der Waals surface area contributed by atoms with Crippen molar-refractivity contribution in [3.05, 3.63) is 57.2 Å². The smallest absolute Gasteiger partial charge is 0.333 e. The van der Waals surface area contributed by atoms with E-state index in [9.17, 15) is 18.4 Å². The molecular formula is C27H37F2N5O3. The Balaban J connectivity index is 1.45. The largest absolute Gasteiger partial charge is 0.490 e. The van der Waals surface area contributed by atoms with E-state index in [1.807, 2.05) is 12.2 Å². The number of likely N-dealkylation sites (tertiary alicyclic amines) is 1. The Hall–Kier alpha value is -3.01. The van der Waals surface area contributed by atoms with E-state index in [0.717, 1.165) is 37.9 Å². The Bertz CT molecular complexity index is 1250. The minimum absolute atomic E-state index is 0.0178. The fraction of sp³-hybridized carbons (Fsp3) is 0.593. The maximum atomic E-state index is 13.5. The standard InChI is InChI=1S/C27H37F2N5O3/c1-5-19(13-21-8-11-33(18(2)12-21)16-20-6-9-27(28,29)10-7-20)14-22-23(15-30-32(22)3)34-17-24(37-4)25(35)31-26(34)36/h5,14-15,17-18,20-21H,1,6-13,16H2,2-4H3,(H,31,35,36)/b19-14+/t18-,21+/m0/s1. The highest BCUT2D eigenvalue weighted by Gasteiger charge is 2.36. The van der Waals surface area contributed by atoms with Crippen LogP contribution in [-0.4, -0.2) is 56.4 Å². The van der Waals surface area contributed by atoms with Gasteiger partial charge in [-0.1, -0.05) is 12.7 Å². The summed E-state index contributed by atoms with van der Waals surface area (Å²) in [5.41, 5.74) is 1.12. The summed E-state index contributed by atoms with van der Waals surface area (Å²) in [5, 5.41) is 4.32. The van der Waals surface area contributed by atoms with E-state index in [1.54, 1.807) is 17.9 Å². The van der Waals surface area contributed by atoms with E-state index in [0.29, 0.717) is 42.1 Å². The number of piperidine rings is 1. The Morgan fingerprint density at radius 2 is 2.00 bits per heavy atom. The van der Waals surface area contributed by atoms with Gasteiger partial charge >= 0.3 is 5.69 Å². The van der Waals surface area contributed by atoms with Crippen molar-refractivity contribution in [2.24, 2.45) is 18.9 Å². The van der Waals surface area contributed by atoms with E-state index < -0.39 is 17.2 Å². The highest BCUT2D eigenvalue weighted by molar-refractivity contribution is 5.61. The first kappa shape index (κ1) is 27.0. The molecule has 37 heavy (non-hydrogen) atoms. The van der Waals surface area contributed by atoms with Crippen molar-refractivity contribution in [3.8, 4) is 11.4 Å². The summed E-state index contributed by atoms with van der Waals surface area (Å²) in [7, 11) is 3.17. The Kier molecular flexibility index (Phi) is 8.16. The number of alkyl halides is 2. The number of ether oxygens (including phenoxy) is 1. The molecule has 8 nitrogen and oxygen atoms in total. The van der Waals surface area contributed by atoms with Crippen molar-refractivity contribution < 1.29 is 13.5 Å². The molecule has 1 aliphatic carbocycles. The number of allylic oxidation sites excluding steroid dienone is 2. The second-order valence-electron chi connectivity index (χ2n) is 10.5. The van der Waals surface area contributed by atoms with Crippen LogP contribution in [0.25, 0.3) is 11.8 Å². The lowest BCUT2D eigenvalue weighted by molar-refractivity contribution is -0.0512. The summed E-state index contributed by atoms with van der Waals surface area (Å²) in [6.45, 7) is 8.12. The molecule has 2 fully saturated rings. The van der Waals surface area contributed by atoms with Gasteiger partial charge in [0.05, 0.1) is 30.9 Å². The minimum Gasteiger partial charge on any atom is -0.490 e. The second-order valence-corrected chi connectivity index (χ2v) is 10.5. The normalized spacial score (nSPS) is 23.2. The summed E-state index contributed by atoms with van der Waals surface area (Å²) >= 11 is 0. The molecule has 10 heteroatoms. The van der Waals surface area contributed by atoms with Gasteiger partial charge in [0, 0.05) is 32.5 Å². The molecule has 1 saturated heterocycles. The molecule has 202 valence electrons. The van der Waals surface area contributed by atoms with Crippen LogP contribution in [0.5, 0.6) is 5.75 Å². The molecule has 0 amide bonds. The third-order valence-corrected chi connectivity index (χ3v) is 7.91. The maximum Gasteiger partial charge on any atom is 0.333 e. The predicted octanol–water partition coefficient (Wildman–Crippen LogP) is 4.15. The van der Waals surface area contributed by atoms with Crippen molar-refractivity contribution in [3.63, 3.8) is 0 Å². The van der Waals surface area contributed by atoms with E-state index >= 15 is 0 Å². The third-order valence-electron chi connectivity index (χ3n) is 7.91. The summed E-state index contributed by atoms with van der Waals surface area (Å²) in [4.78, 5) is 29.2. The van der Waals surface area contributed by atoms with Gasteiger partial charge in [-0.05, 0) is 69.1 Å². The number of nitrogens with zero attached hydrogens (tertiary/aromatic N) is 4. The number of aromatic amines is 1. The van der Waals surface area contributed by atoms with E-state index in [4.69, 9.17) is 4.74 Å². The van der Waals surface area contributed by atoms with Gasteiger partial charge in [-0.3, -0.25) is 19.0 Å². The summed E-state index contributed by atoms with van der Waals surface area (Å²) in [5.74, 6) is -1.61. The lowest BCUT2D eigenvalue weighted by Crippen LogP contribution is -2.44. The van der Waals surface area contributed by atoms with Gasteiger partial charge in [0.2, 0.25) is 11.7 Å². The van der Waals surface area contributed by atoms with Gasteiger partial charge in [0.15, 0.2) is 0 Å². The molecule has 0 bridgehead atoms. The molecule has 1 N–H and O–H groups in total. The number of aryl methyl sites for hydroxylation is 1. The number of hydrogen-bond acceptors (Lipinski definition) is 5. The van der Waals surface area contributed by atoms with Crippen molar-refractivity contribution in [2.75, 3.05) is 20.2 Å². The second kappa shape index (κ2) is 11.2. The van der Waals surface area contributed by atoms with Gasteiger partial charge in [0.1, 0.15) is 0 Å². The van der Waals surface area contributed by atoms with Crippen LogP contribution in [0.15, 0.2) is 40.2 Å². The van der Waals surface area contributed by atoms with Crippen molar-refractivity contribution in [1.82, 2.24) is 24.2 Å². The molecular weight excluding hydrogens is 480 g/mol. The fourth-order valence-electron chi connectivity index (χ4n) is 5.67. The number of H-pyrrole nitrogens is 1. The lowest BCUT2D eigenvalue weighted by Gasteiger charge is -2.41. The van der Waals surface area contributed by atoms with Gasteiger partial charge in [-0.25, -0.2) is 13.6 Å². The molecule has 3 heterocycles. The highest BCUT2D eigenvalue weighted by atomic mass is 19.3. The van der Waals surface area contributed by atoms with Crippen LogP contribution in [0.1, 0.15) is 57.6 Å². The SMILES string of the molecule is C=C/C(=C\c1c(-n2cc(OC)c(=O)[nH]c2=O)cnn1C)C[C@@H]1CCN(CC2CCC(F)(F)CC2)[C@@H](C)C1. The topological polar surface area (TPSA) is 85.1 Å². The fourth-order valence-corrected chi connectivity index (χ4v) is 5.67. The molecule has 4 rings (SSSR count). The number of aromatic nitrogens is 4. The van der Waals surface area contributed by atoms with Gasteiger partial charge in [-0.15, -0.1) is 0 Å². The first-order valence-corrected chi connectivity index (χ1v) is 13.0. The summed E-state index contributed by atoms with van der Waals surface area (Å²) in [6, 6.07) is 0.395. The van der Waals surface area contributed by atoms with Crippen LogP contribution in [0.3, 0.4) is 0 Å². The van der Waals surface area contributed by atoms with Crippen molar-refractivity contribution in [2.45, 2.75) is 63.8 Å². The molecule has 1 saturated carbocycles. The van der Waals surface area contributed by atoms with E-state index in [1.165, 1.54) is 17.9 Å². The lowest BCUT2D eigenvalue weighted by atomic mass is 9.83. The Labute approximate surface area is 215 Å². The molecule has 0 aromatic carbocycles. The Morgan fingerprint density at radius 3 is 2.65 bits per heavy atom. The molecule has 0 radical (unpaired) electrons. The quantitative estimate of drug-likeness (QED) is 0.532. The zero-order chi connectivity index (χ0) is 26.7. The number of halogens is 2. The van der Waals surface area contributed by atoms with Crippen LogP contribution in [0.4, 0.5) is 8.78 Å². The maximum absolute atomic E-state index is 13.5. The average Bonchev–Trinajstić information content (AvgIpc) is 3.21. The molecule has 0 spiro atoms. The van der Waals surface area contributed by atoms with Crippen LogP contribution < -0.4 is 16.0 Å². The average molecular weight is 518 g/mol. The van der Waals surface area contributed by atoms with E-state index in [-0.39, 0.29) is 18.6 Å². The molecule has 2 atom stereocenters. The first-order chi connectivity index (χ1) is 17.6. The first-order valence-electron chi connectivity index (χ1n) is 13.0. The molecule has 2 aromatic rings. The Morgan fingerprint density at radius 1 is 1.27 bits per heavy atom. The minimum atomic E-state index is -2.48. The number of methoxy groups -OCH3 is 1. The number of rotatable bonds is 8. The highest BCUT2D eigenvalue weighted by Crippen LogP contribution is 2.38. The van der Waals surface area contributed by atoms with Crippen LogP contribution in [0.2, 0.25) is 0 Å². The molecule has 2 aliphatic rings. The predicted molar refractivity (Wildman–Crippen MR) is 139 cm³/mol. The van der Waals surface area contributed by atoms with Crippen molar-refractivity contribution >= 4 is 6.08 Å². The number of hydrogen-bond donors (Lipinski definition) is 1. The van der Waals surface area contributed by atoms with Crippen LogP contribution >= 0.6 is 0 Å². The van der Waals surface area contributed by atoms with Gasteiger partial charge in [-0.2, -0.15) is 5.10 Å². The molecule has 2 aromatic heterocycles. The van der Waals surface area contributed by atoms with Crippen LogP contribution in [-0.2, 0) is 7.05 Å². The molecule has 1 aliphatic heterocycles.